The molecule has 1 saturated carbocycles. The van der Waals surface area contributed by atoms with Gasteiger partial charge in [0.15, 0.2) is 0 Å². The fraction of sp³-hybridized carbons (Fsp3) is 0.562. The van der Waals surface area contributed by atoms with E-state index in [1.165, 1.54) is 37.8 Å². The fourth-order valence-electron chi connectivity index (χ4n) is 2.55. The third-order valence-electron chi connectivity index (χ3n) is 3.74. The Bertz CT molecular complexity index is 463. The van der Waals surface area contributed by atoms with E-state index >= 15 is 0 Å². The van der Waals surface area contributed by atoms with Crippen LogP contribution in [0.2, 0.25) is 0 Å². The second-order valence-electron chi connectivity index (χ2n) is 5.30. The van der Waals surface area contributed by atoms with E-state index in [-0.39, 0.29) is 17.8 Å². The molecule has 1 aliphatic carbocycles. The number of carbonyl (C=O) groups excluding carboxylic acids is 1. The van der Waals surface area contributed by atoms with Gasteiger partial charge in [-0.25, -0.2) is 4.39 Å². The highest BCUT2D eigenvalue weighted by Crippen LogP contribution is 2.29. The van der Waals surface area contributed by atoms with Gasteiger partial charge in [0.05, 0.1) is 11.9 Å². The molecule has 1 atom stereocenters. The molecule has 2 rings (SSSR count). The van der Waals surface area contributed by atoms with E-state index in [0.29, 0.717) is 17.5 Å². The van der Waals surface area contributed by atoms with Gasteiger partial charge < -0.3 is 10.1 Å². The number of benzene rings is 1. The van der Waals surface area contributed by atoms with E-state index in [1.807, 2.05) is 0 Å². The van der Waals surface area contributed by atoms with Crippen LogP contribution in [0.5, 0.6) is 0 Å². The van der Waals surface area contributed by atoms with Crippen LogP contribution in [0.3, 0.4) is 0 Å². The van der Waals surface area contributed by atoms with Gasteiger partial charge in [0.25, 0.3) is 0 Å². The van der Waals surface area contributed by atoms with Gasteiger partial charge in [-0.1, -0.05) is 25.0 Å². The molecule has 1 aliphatic rings. The predicted molar refractivity (Wildman–Crippen MR) is 83.9 cm³/mol. The van der Waals surface area contributed by atoms with Crippen LogP contribution in [0.25, 0.3) is 0 Å². The van der Waals surface area contributed by atoms with Gasteiger partial charge in [0.2, 0.25) is 5.91 Å². The number of ether oxygens (including phenoxy) is 1. The number of amides is 1. The minimum Gasteiger partial charge on any atom is -0.375 e. The Balaban J connectivity index is 1.75. The quantitative estimate of drug-likeness (QED) is 0.839. The van der Waals surface area contributed by atoms with Crippen LogP contribution in [0.15, 0.2) is 24.3 Å². The largest absolute Gasteiger partial charge is 0.375 e. The average molecular weight is 311 g/mol. The Labute approximate surface area is 129 Å². The van der Waals surface area contributed by atoms with Crippen LogP contribution in [-0.2, 0) is 9.53 Å². The molecule has 116 valence electrons. The average Bonchev–Trinajstić information content (AvgIpc) is 2.99. The fourth-order valence-corrected chi connectivity index (χ4v) is 3.71. The number of methoxy groups -OCH3 is 1. The maximum absolute atomic E-state index is 13.2. The zero-order valence-corrected chi connectivity index (χ0v) is 13.1. The first kappa shape index (κ1) is 16.3. The molecule has 1 aromatic carbocycles. The smallest absolute Gasteiger partial charge is 0.230 e. The number of rotatable bonds is 7. The standard InChI is InChI=1S/C16H22FNO2S/c1-20-15(12-5-4-6-13(17)9-12)10-18-16(19)11-21-14-7-2-3-8-14/h4-6,9,14-15H,2-3,7-8,10-11H2,1H3,(H,18,19). The van der Waals surface area contributed by atoms with Crippen molar-refractivity contribution in [2.75, 3.05) is 19.4 Å². The molecule has 3 nitrogen and oxygen atoms in total. The summed E-state index contributed by atoms with van der Waals surface area (Å²) in [5, 5.41) is 3.50. The Hall–Kier alpha value is -1.07. The predicted octanol–water partition coefficient (Wildman–Crippen LogP) is 3.31. The minimum absolute atomic E-state index is 0.0188. The molecule has 1 fully saturated rings. The third-order valence-corrected chi connectivity index (χ3v) is 5.11. The highest BCUT2D eigenvalue weighted by atomic mass is 32.2. The van der Waals surface area contributed by atoms with Crippen LogP contribution in [0, 0.1) is 5.82 Å². The van der Waals surface area contributed by atoms with Crippen LogP contribution in [-0.4, -0.2) is 30.6 Å². The number of halogens is 1. The van der Waals surface area contributed by atoms with Gasteiger partial charge in [-0.2, -0.15) is 0 Å². The van der Waals surface area contributed by atoms with E-state index < -0.39 is 0 Å². The molecule has 0 aliphatic heterocycles. The Kier molecular flexibility index (Phi) is 6.51. The van der Waals surface area contributed by atoms with Crippen molar-refractivity contribution in [1.82, 2.24) is 5.32 Å². The summed E-state index contributed by atoms with van der Waals surface area (Å²) in [4.78, 5) is 11.9. The molecule has 21 heavy (non-hydrogen) atoms. The van der Waals surface area contributed by atoms with Crippen molar-refractivity contribution < 1.29 is 13.9 Å². The summed E-state index contributed by atoms with van der Waals surface area (Å²) in [5.74, 6) is 0.215. The first-order chi connectivity index (χ1) is 10.2. The molecule has 0 radical (unpaired) electrons. The molecule has 1 aromatic rings. The number of thioether (sulfide) groups is 1. The van der Waals surface area contributed by atoms with Crippen LogP contribution < -0.4 is 5.32 Å². The summed E-state index contributed by atoms with van der Waals surface area (Å²) in [6, 6.07) is 6.28. The van der Waals surface area contributed by atoms with Gasteiger partial charge in [-0.05, 0) is 30.5 Å². The molecule has 0 spiro atoms. The van der Waals surface area contributed by atoms with E-state index in [0.717, 1.165) is 5.56 Å². The molecule has 1 amide bonds. The van der Waals surface area contributed by atoms with Gasteiger partial charge >= 0.3 is 0 Å². The summed E-state index contributed by atoms with van der Waals surface area (Å²) < 4.78 is 18.5. The van der Waals surface area contributed by atoms with E-state index in [9.17, 15) is 9.18 Å². The molecule has 0 saturated heterocycles. The van der Waals surface area contributed by atoms with Gasteiger partial charge in [-0.3, -0.25) is 4.79 Å². The summed E-state index contributed by atoms with van der Waals surface area (Å²) in [5.41, 5.74) is 0.737. The van der Waals surface area contributed by atoms with Crippen molar-refractivity contribution >= 4 is 17.7 Å². The second-order valence-corrected chi connectivity index (χ2v) is 6.59. The SMILES string of the molecule is COC(CNC(=O)CSC1CCCC1)c1cccc(F)c1. The van der Waals surface area contributed by atoms with E-state index in [1.54, 1.807) is 31.0 Å². The lowest BCUT2D eigenvalue weighted by Crippen LogP contribution is -2.31. The zero-order chi connectivity index (χ0) is 15.1. The van der Waals surface area contributed by atoms with Crippen molar-refractivity contribution in [3.8, 4) is 0 Å². The van der Waals surface area contributed by atoms with E-state index in [2.05, 4.69) is 5.32 Å². The molecule has 1 unspecified atom stereocenters. The van der Waals surface area contributed by atoms with Gasteiger partial charge in [-0.15, -0.1) is 11.8 Å². The Morgan fingerprint density at radius 1 is 1.48 bits per heavy atom. The maximum atomic E-state index is 13.2. The van der Waals surface area contributed by atoms with Crippen LogP contribution >= 0.6 is 11.8 Å². The topological polar surface area (TPSA) is 38.3 Å². The normalized spacial score (nSPS) is 16.9. The number of carbonyl (C=O) groups is 1. The molecular formula is C16H22FNO2S. The molecular weight excluding hydrogens is 289 g/mol. The monoisotopic (exact) mass is 311 g/mol. The van der Waals surface area contributed by atoms with Gasteiger partial charge in [0, 0.05) is 18.9 Å². The maximum Gasteiger partial charge on any atom is 0.230 e. The van der Waals surface area contributed by atoms with Crippen molar-refractivity contribution in [3.05, 3.63) is 35.6 Å². The third kappa shape index (κ3) is 5.32. The van der Waals surface area contributed by atoms with Crippen molar-refractivity contribution in [3.63, 3.8) is 0 Å². The lowest BCUT2D eigenvalue weighted by atomic mass is 10.1. The molecule has 1 N–H and O–H groups in total. The summed E-state index contributed by atoms with van der Waals surface area (Å²) >= 11 is 1.74. The Morgan fingerprint density at radius 2 is 2.24 bits per heavy atom. The number of hydrogen-bond donors (Lipinski definition) is 1. The van der Waals surface area contributed by atoms with Crippen molar-refractivity contribution in [2.24, 2.45) is 0 Å². The summed E-state index contributed by atoms with van der Waals surface area (Å²) in [6.07, 6.45) is 4.69. The lowest BCUT2D eigenvalue weighted by molar-refractivity contribution is -0.119. The Morgan fingerprint density at radius 3 is 2.90 bits per heavy atom. The van der Waals surface area contributed by atoms with Crippen LogP contribution in [0.4, 0.5) is 4.39 Å². The summed E-state index contributed by atoms with van der Waals surface area (Å²) in [6.45, 7) is 0.365. The number of hydrogen-bond acceptors (Lipinski definition) is 3. The summed E-state index contributed by atoms with van der Waals surface area (Å²) in [7, 11) is 1.56. The molecule has 0 heterocycles. The second kappa shape index (κ2) is 8.39. The van der Waals surface area contributed by atoms with E-state index in [4.69, 9.17) is 4.74 Å². The van der Waals surface area contributed by atoms with Crippen LogP contribution in [0.1, 0.15) is 37.4 Å². The lowest BCUT2D eigenvalue weighted by Gasteiger charge is -2.17. The van der Waals surface area contributed by atoms with Crippen molar-refractivity contribution in [1.29, 1.82) is 0 Å². The molecule has 0 aromatic heterocycles. The molecule has 5 heteroatoms. The zero-order valence-electron chi connectivity index (χ0n) is 12.3. The number of nitrogens with one attached hydrogen (secondary N) is 1. The highest BCUT2D eigenvalue weighted by molar-refractivity contribution is 8.00. The first-order valence-corrected chi connectivity index (χ1v) is 8.40. The minimum atomic E-state index is -0.318. The molecule has 0 bridgehead atoms. The first-order valence-electron chi connectivity index (χ1n) is 7.35. The van der Waals surface area contributed by atoms with Crippen molar-refractivity contribution in [2.45, 2.75) is 37.0 Å². The van der Waals surface area contributed by atoms with Gasteiger partial charge in [0.1, 0.15) is 5.82 Å². The highest BCUT2D eigenvalue weighted by Gasteiger charge is 2.17.